The van der Waals surface area contributed by atoms with Gasteiger partial charge in [0.2, 0.25) is 5.91 Å². The average molecular weight is 298 g/mol. The van der Waals surface area contributed by atoms with Gasteiger partial charge in [0.05, 0.1) is 11.0 Å². The van der Waals surface area contributed by atoms with Crippen LogP contribution in [0, 0.1) is 16.0 Å². The number of nitro groups is 1. The molecule has 20 heavy (non-hydrogen) atoms. The minimum absolute atomic E-state index is 0.171. The Balaban J connectivity index is 2.13. The first-order valence-corrected chi connectivity index (χ1v) is 6.83. The van der Waals surface area contributed by atoms with Crippen molar-refractivity contribution >= 4 is 28.9 Å². The van der Waals surface area contributed by atoms with Crippen molar-refractivity contribution in [3.8, 4) is 0 Å². The number of carbonyl (C=O) groups is 1. The highest BCUT2D eigenvalue weighted by Crippen LogP contribution is 2.28. The van der Waals surface area contributed by atoms with Crippen LogP contribution in [-0.4, -0.2) is 23.4 Å². The van der Waals surface area contributed by atoms with E-state index in [2.05, 4.69) is 17.6 Å². The van der Waals surface area contributed by atoms with Crippen molar-refractivity contribution in [2.75, 3.05) is 11.9 Å². The second-order valence-electron chi connectivity index (χ2n) is 5.04. The fourth-order valence-corrected chi connectivity index (χ4v) is 2.45. The molecule has 1 aliphatic heterocycles. The molecular weight excluding hydrogens is 282 g/mol. The predicted octanol–water partition coefficient (Wildman–Crippen LogP) is 2.57. The lowest BCUT2D eigenvalue weighted by atomic mass is 9.94. The summed E-state index contributed by atoms with van der Waals surface area (Å²) in [5.74, 6) is 0.217. The van der Waals surface area contributed by atoms with E-state index in [1.54, 1.807) is 0 Å². The van der Waals surface area contributed by atoms with E-state index in [4.69, 9.17) is 11.6 Å². The molecule has 2 N–H and O–H groups in total. The van der Waals surface area contributed by atoms with E-state index in [1.165, 1.54) is 18.2 Å². The number of piperidine rings is 1. The normalized spacial score (nSPS) is 22.3. The number of amides is 1. The van der Waals surface area contributed by atoms with Crippen LogP contribution in [0.15, 0.2) is 18.2 Å². The van der Waals surface area contributed by atoms with E-state index in [-0.39, 0.29) is 28.3 Å². The number of nitro benzene ring substituents is 1. The number of hydrogen-bond acceptors (Lipinski definition) is 4. The number of carbonyl (C=O) groups excluding carboxylic acids is 1. The van der Waals surface area contributed by atoms with E-state index in [0.717, 1.165) is 19.4 Å². The van der Waals surface area contributed by atoms with E-state index < -0.39 is 4.92 Å². The molecule has 1 aliphatic rings. The van der Waals surface area contributed by atoms with Gasteiger partial charge in [0.1, 0.15) is 5.69 Å². The molecule has 1 amide bonds. The zero-order valence-electron chi connectivity index (χ0n) is 11.1. The maximum absolute atomic E-state index is 12.1. The highest BCUT2D eigenvalue weighted by molar-refractivity contribution is 6.31. The molecule has 6 nitrogen and oxygen atoms in total. The van der Waals surface area contributed by atoms with Crippen molar-refractivity contribution in [3.05, 3.63) is 33.3 Å². The summed E-state index contributed by atoms with van der Waals surface area (Å²) in [6.07, 6.45) is 1.76. The Morgan fingerprint density at radius 3 is 2.95 bits per heavy atom. The van der Waals surface area contributed by atoms with Gasteiger partial charge in [0, 0.05) is 11.1 Å². The minimum atomic E-state index is -0.557. The Morgan fingerprint density at radius 1 is 1.55 bits per heavy atom. The first kappa shape index (κ1) is 14.7. The fraction of sp³-hybridized carbons (Fsp3) is 0.462. The Bertz CT molecular complexity index is 536. The molecule has 2 atom stereocenters. The Labute approximate surface area is 121 Å². The summed E-state index contributed by atoms with van der Waals surface area (Å²) in [4.78, 5) is 22.6. The molecule has 2 rings (SSSR count). The van der Waals surface area contributed by atoms with Gasteiger partial charge in [-0.15, -0.1) is 0 Å². The molecule has 1 saturated heterocycles. The first-order valence-electron chi connectivity index (χ1n) is 6.45. The second kappa shape index (κ2) is 6.19. The molecular formula is C13H16ClN3O3. The van der Waals surface area contributed by atoms with Gasteiger partial charge < -0.3 is 10.6 Å². The van der Waals surface area contributed by atoms with Crippen LogP contribution in [0.4, 0.5) is 11.4 Å². The minimum Gasteiger partial charge on any atom is -0.319 e. The monoisotopic (exact) mass is 297 g/mol. The van der Waals surface area contributed by atoms with E-state index >= 15 is 0 Å². The number of nitrogens with one attached hydrogen (secondary N) is 2. The van der Waals surface area contributed by atoms with Gasteiger partial charge in [0.15, 0.2) is 0 Å². The predicted molar refractivity (Wildman–Crippen MR) is 76.9 cm³/mol. The number of hydrogen-bond donors (Lipinski definition) is 2. The third-order valence-corrected chi connectivity index (χ3v) is 3.63. The van der Waals surface area contributed by atoms with E-state index in [1.807, 2.05) is 0 Å². The topological polar surface area (TPSA) is 84.3 Å². The lowest BCUT2D eigenvalue weighted by Gasteiger charge is -2.27. The molecule has 2 unspecified atom stereocenters. The van der Waals surface area contributed by atoms with Crippen LogP contribution in [0.5, 0.6) is 0 Å². The third-order valence-electron chi connectivity index (χ3n) is 3.40. The molecule has 1 fully saturated rings. The van der Waals surface area contributed by atoms with Crippen molar-refractivity contribution < 1.29 is 9.72 Å². The SMILES string of the molecule is CC1CCNC(C(=O)Nc2ccc(Cl)cc2[N+](=O)[O-])C1. The van der Waals surface area contributed by atoms with Crippen LogP contribution >= 0.6 is 11.6 Å². The summed E-state index contributed by atoms with van der Waals surface area (Å²) in [7, 11) is 0. The summed E-state index contributed by atoms with van der Waals surface area (Å²) in [5, 5.41) is 17.0. The summed E-state index contributed by atoms with van der Waals surface area (Å²) < 4.78 is 0. The highest BCUT2D eigenvalue weighted by atomic mass is 35.5. The number of halogens is 1. The van der Waals surface area contributed by atoms with Gasteiger partial charge in [-0.2, -0.15) is 0 Å². The summed E-state index contributed by atoms with van der Waals surface area (Å²) in [6.45, 7) is 2.87. The van der Waals surface area contributed by atoms with Crippen LogP contribution in [-0.2, 0) is 4.79 Å². The van der Waals surface area contributed by atoms with Gasteiger partial charge in [-0.25, -0.2) is 0 Å². The summed E-state index contributed by atoms with van der Waals surface area (Å²) in [5.41, 5.74) is -0.0286. The maximum atomic E-state index is 12.1. The molecule has 0 bridgehead atoms. The molecule has 1 aromatic rings. The molecule has 0 spiro atoms. The van der Waals surface area contributed by atoms with Crippen molar-refractivity contribution in [3.63, 3.8) is 0 Å². The Hall–Kier alpha value is -1.66. The average Bonchev–Trinajstić information content (AvgIpc) is 2.40. The van der Waals surface area contributed by atoms with Crippen LogP contribution in [0.3, 0.4) is 0 Å². The standard InChI is InChI=1S/C13H16ClN3O3/c1-8-4-5-15-11(6-8)13(18)16-10-3-2-9(14)7-12(10)17(19)20/h2-3,7-8,11,15H,4-6H2,1H3,(H,16,18). The van der Waals surface area contributed by atoms with Crippen LogP contribution < -0.4 is 10.6 Å². The van der Waals surface area contributed by atoms with Gasteiger partial charge in [-0.3, -0.25) is 14.9 Å². The van der Waals surface area contributed by atoms with Gasteiger partial charge in [0.25, 0.3) is 5.69 Å². The smallest absolute Gasteiger partial charge is 0.294 e. The van der Waals surface area contributed by atoms with Crippen LogP contribution in [0.1, 0.15) is 19.8 Å². The number of nitrogens with zero attached hydrogens (tertiary/aromatic N) is 1. The molecule has 0 aromatic heterocycles. The first-order chi connectivity index (χ1) is 9.47. The molecule has 7 heteroatoms. The zero-order chi connectivity index (χ0) is 14.7. The highest BCUT2D eigenvalue weighted by Gasteiger charge is 2.26. The van der Waals surface area contributed by atoms with Gasteiger partial charge in [-0.1, -0.05) is 18.5 Å². The molecule has 1 heterocycles. The molecule has 0 aliphatic carbocycles. The number of anilines is 1. The lowest BCUT2D eigenvalue weighted by molar-refractivity contribution is -0.383. The number of benzene rings is 1. The maximum Gasteiger partial charge on any atom is 0.294 e. The summed E-state index contributed by atoms with van der Waals surface area (Å²) in [6, 6.07) is 3.88. The molecule has 108 valence electrons. The van der Waals surface area contributed by atoms with Crippen molar-refractivity contribution in [2.45, 2.75) is 25.8 Å². The zero-order valence-corrected chi connectivity index (χ0v) is 11.8. The third kappa shape index (κ3) is 3.46. The molecule has 1 aromatic carbocycles. The largest absolute Gasteiger partial charge is 0.319 e. The van der Waals surface area contributed by atoms with Crippen molar-refractivity contribution in [2.24, 2.45) is 5.92 Å². The van der Waals surface area contributed by atoms with Crippen molar-refractivity contribution in [1.29, 1.82) is 0 Å². The second-order valence-corrected chi connectivity index (χ2v) is 5.48. The van der Waals surface area contributed by atoms with Crippen LogP contribution in [0.25, 0.3) is 0 Å². The summed E-state index contributed by atoms with van der Waals surface area (Å²) >= 11 is 5.74. The van der Waals surface area contributed by atoms with Crippen LogP contribution in [0.2, 0.25) is 5.02 Å². The molecule has 0 saturated carbocycles. The Morgan fingerprint density at radius 2 is 2.30 bits per heavy atom. The van der Waals surface area contributed by atoms with E-state index in [0.29, 0.717) is 5.92 Å². The quantitative estimate of drug-likeness (QED) is 0.663. The molecule has 0 radical (unpaired) electrons. The van der Waals surface area contributed by atoms with Gasteiger partial charge >= 0.3 is 0 Å². The van der Waals surface area contributed by atoms with E-state index in [9.17, 15) is 14.9 Å². The number of rotatable bonds is 3. The Kier molecular flexibility index (Phi) is 4.57. The van der Waals surface area contributed by atoms with Crippen molar-refractivity contribution in [1.82, 2.24) is 5.32 Å². The van der Waals surface area contributed by atoms with Gasteiger partial charge in [-0.05, 0) is 37.4 Å². The fourth-order valence-electron chi connectivity index (χ4n) is 2.29. The lowest BCUT2D eigenvalue weighted by Crippen LogP contribution is -2.45.